The molecule has 0 bridgehead atoms. The van der Waals surface area contributed by atoms with E-state index in [1.54, 1.807) is 0 Å². The summed E-state index contributed by atoms with van der Waals surface area (Å²) in [7, 11) is 0. The highest BCUT2D eigenvalue weighted by atomic mass is 16.6. The average Bonchev–Trinajstić information content (AvgIpc) is 3.49. The van der Waals surface area contributed by atoms with Gasteiger partial charge in [0.1, 0.15) is 13.2 Å². The number of ether oxygens (including phenoxy) is 3. The highest BCUT2D eigenvalue weighted by molar-refractivity contribution is 5.71. The van der Waals surface area contributed by atoms with Crippen molar-refractivity contribution in [1.29, 1.82) is 0 Å². The van der Waals surface area contributed by atoms with Crippen LogP contribution in [0.5, 0.6) is 0 Å². The Morgan fingerprint density at radius 3 is 0.602 bits per heavy atom. The van der Waals surface area contributed by atoms with Crippen molar-refractivity contribution >= 4 is 17.9 Å². The van der Waals surface area contributed by atoms with Crippen LogP contribution in [0.3, 0.4) is 0 Å². The van der Waals surface area contributed by atoms with Crippen LogP contribution >= 0.6 is 0 Å². The first-order valence-corrected chi connectivity index (χ1v) is 38.2. The minimum Gasteiger partial charge on any atom is -0.462 e. The van der Waals surface area contributed by atoms with Crippen LogP contribution in [-0.2, 0) is 28.6 Å². The zero-order chi connectivity index (χ0) is 59.9. The van der Waals surface area contributed by atoms with Gasteiger partial charge in [0.25, 0.3) is 0 Å². The summed E-state index contributed by atoms with van der Waals surface area (Å²) in [5.74, 6) is -0.819. The first-order valence-electron chi connectivity index (χ1n) is 38.2. The standard InChI is InChI=1S/C77H148O6/c1-4-7-10-13-16-19-22-25-28-31-33-34-35-36-37-38-39-40-41-42-44-46-49-52-55-58-61-64-67-70-76(79)82-73-74(72-81-75(78)69-66-63-60-57-54-51-48-45-30-27-24-21-18-15-12-9-6-3)83-77(80)71-68-65-62-59-56-53-50-47-43-32-29-26-23-20-17-14-11-8-5-2/h31,33,74H,4-30,32,34-73H2,1-3H3/b33-31-. The molecule has 0 aromatic carbocycles. The molecule has 0 spiro atoms. The smallest absolute Gasteiger partial charge is 0.306 e. The van der Waals surface area contributed by atoms with E-state index in [1.807, 2.05) is 0 Å². The third kappa shape index (κ3) is 70.8. The van der Waals surface area contributed by atoms with Crippen molar-refractivity contribution < 1.29 is 28.6 Å². The first-order chi connectivity index (χ1) is 41.0. The molecule has 0 radical (unpaired) electrons. The van der Waals surface area contributed by atoms with Crippen LogP contribution < -0.4 is 0 Å². The molecule has 0 aliphatic carbocycles. The molecular weight excluding hydrogens is 1020 g/mol. The van der Waals surface area contributed by atoms with E-state index in [4.69, 9.17) is 14.2 Å². The van der Waals surface area contributed by atoms with E-state index in [9.17, 15) is 14.4 Å². The summed E-state index contributed by atoms with van der Waals surface area (Å²) in [6.07, 6.45) is 88.3. The Bertz CT molecular complexity index is 1300. The number of esters is 3. The van der Waals surface area contributed by atoms with Crippen LogP contribution in [0, 0.1) is 0 Å². The van der Waals surface area contributed by atoms with Crippen LogP contribution in [0.2, 0.25) is 0 Å². The number of hydrogen-bond donors (Lipinski definition) is 0. The van der Waals surface area contributed by atoms with Gasteiger partial charge in [-0.1, -0.05) is 392 Å². The number of unbranched alkanes of at least 4 members (excludes halogenated alkanes) is 59. The summed E-state index contributed by atoms with van der Waals surface area (Å²) in [5, 5.41) is 0. The molecule has 0 aromatic heterocycles. The Morgan fingerprint density at radius 2 is 0.398 bits per heavy atom. The van der Waals surface area contributed by atoms with Crippen molar-refractivity contribution in [3.8, 4) is 0 Å². The molecule has 492 valence electrons. The van der Waals surface area contributed by atoms with E-state index in [-0.39, 0.29) is 31.1 Å². The Morgan fingerprint density at radius 1 is 0.229 bits per heavy atom. The molecule has 1 atom stereocenters. The van der Waals surface area contributed by atoms with Gasteiger partial charge in [0, 0.05) is 19.3 Å². The van der Waals surface area contributed by atoms with E-state index in [2.05, 4.69) is 32.9 Å². The fourth-order valence-electron chi connectivity index (χ4n) is 12.0. The average molecular weight is 1170 g/mol. The van der Waals surface area contributed by atoms with Crippen molar-refractivity contribution in [3.63, 3.8) is 0 Å². The SMILES string of the molecule is CCCCCCCCCC/C=C\CCCCCCCCCCCCCCCCCCCC(=O)OCC(COC(=O)CCCCCCCCCCCCCCCCCCC)OC(=O)CCCCCCCCCCCCCCCCCCCCC. The van der Waals surface area contributed by atoms with Gasteiger partial charge in [0.15, 0.2) is 6.10 Å². The molecule has 0 aliphatic heterocycles. The zero-order valence-corrected chi connectivity index (χ0v) is 56.8. The fraction of sp³-hybridized carbons (Fsp3) is 0.935. The zero-order valence-electron chi connectivity index (χ0n) is 56.8. The van der Waals surface area contributed by atoms with Crippen molar-refractivity contribution in [2.75, 3.05) is 13.2 Å². The lowest BCUT2D eigenvalue weighted by atomic mass is 10.0. The molecule has 1 unspecified atom stereocenters. The molecule has 0 saturated carbocycles. The van der Waals surface area contributed by atoms with E-state index in [0.29, 0.717) is 19.3 Å². The fourth-order valence-corrected chi connectivity index (χ4v) is 12.0. The van der Waals surface area contributed by atoms with Crippen molar-refractivity contribution in [1.82, 2.24) is 0 Å². The molecule has 6 heteroatoms. The molecular formula is C77H148O6. The normalized spacial score (nSPS) is 12.0. The lowest BCUT2D eigenvalue weighted by molar-refractivity contribution is -0.167. The minimum absolute atomic E-state index is 0.0614. The summed E-state index contributed by atoms with van der Waals surface area (Å²) in [5.41, 5.74) is 0. The van der Waals surface area contributed by atoms with E-state index in [1.165, 1.54) is 347 Å². The monoisotopic (exact) mass is 1170 g/mol. The summed E-state index contributed by atoms with van der Waals surface area (Å²) in [6, 6.07) is 0. The van der Waals surface area contributed by atoms with Gasteiger partial charge in [0.05, 0.1) is 0 Å². The molecule has 83 heavy (non-hydrogen) atoms. The molecule has 6 nitrogen and oxygen atoms in total. The lowest BCUT2D eigenvalue weighted by Crippen LogP contribution is -2.30. The van der Waals surface area contributed by atoms with E-state index in [0.717, 1.165) is 57.8 Å². The van der Waals surface area contributed by atoms with Crippen LogP contribution in [0.4, 0.5) is 0 Å². The predicted octanol–water partition coefficient (Wildman–Crippen LogP) is 26.3. The maximum Gasteiger partial charge on any atom is 0.306 e. The van der Waals surface area contributed by atoms with Gasteiger partial charge in [-0.2, -0.15) is 0 Å². The molecule has 0 N–H and O–H groups in total. The Kier molecular flexibility index (Phi) is 71.0. The number of carbonyl (C=O) groups is 3. The number of hydrogen-bond acceptors (Lipinski definition) is 6. The van der Waals surface area contributed by atoms with Crippen molar-refractivity contribution in [3.05, 3.63) is 12.2 Å². The second-order valence-electron chi connectivity index (χ2n) is 26.3. The van der Waals surface area contributed by atoms with Crippen LogP contribution in [-0.4, -0.2) is 37.2 Å². The highest BCUT2D eigenvalue weighted by Crippen LogP contribution is 2.20. The van der Waals surface area contributed by atoms with Gasteiger partial charge >= 0.3 is 17.9 Å². The van der Waals surface area contributed by atoms with Crippen LogP contribution in [0.15, 0.2) is 12.2 Å². The molecule has 0 aliphatic rings. The van der Waals surface area contributed by atoms with Crippen LogP contribution in [0.1, 0.15) is 445 Å². The molecule has 0 amide bonds. The van der Waals surface area contributed by atoms with Crippen LogP contribution in [0.25, 0.3) is 0 Å². The number of allylic oxidation sites excluding steroid dienone is 2. The van der Waals surface area contributed by atoms with Gasteiger partial charge in [-0.05, 0) is 44.9 Å². The molecule has 0 rings (SSSR count). The highest BCUT2D eigenvalue weighted by Gasteiger charge is 2.20. The van der Waals surface area contributed by atoms with Crippen molar-refractivity contribution in [2.45, 2.75) is 451 Å². The Labute approximate surface area is 520 Å². The molecule has 0 aromatic rings. The van der Waals surface area contributed by atoms with Gasteiger partial charge in [-0.3, -0.25) is 14.4 Å². The minimum atomic E-state index is -0.766. The van der Waals surface area contributed by atoms with Gasteiger partial charge in [-0.25, -0.2) is 0 Å². The number of rotatable bonds is 72. The largest absolute Gasteiger partial charge is 0.462 e. The predicted molar refractivity (Wildman–Crippen MR) is 363 cm³/mol. The third-order valence-corrected chi connectivity index (χ3v) is 17.8. The second-order valence-corrected chi connectivity index (χ2v) is 26.3. The molecule has 0 fully saturated rings. The maximum atomic E-state index is 13.0. The Hall–Kier alpha value is -1.85. The molecule has 0 heterocycles. The topological polar surface area (TPSA) is 78.9 Å². The quantitative estimate of drug-likeness (QED) is 0.0261. The first kappa shape index (κ1) is 81.2. The lowest BCUT2D eigenvalue weighted by Gasteiger charge is -2.18. The second kappa shape index (κ2) is 72.6. The van der Waals surface area contributed by atoms with E-state index < -0.39 is 6.10 Å². The van der Waals surface area contributed by atoms with Gasteiger partial charge in [0.2, 0.25) is 0 Å². The number of carbonyl (C=O) groups excluding carboxylic acids is 3. The maximum absolute atomic E-state index is 13.0. The molecule has 0 saturated heterocycles. The van der Waals surface area contributed by atoms with Gasteiger partial charge in [-0.15, -0.1) is 0 Å². The van der Waals surface area contributed by atoms with Crippen molar-refractivity contribution in [2.24, 2.45) is 0 Å². The summed E-state index contributed by atoms with van der Waals surface area (Å²) in [6.45, 7) is 6.75. The third-order valence-electron chi connectivity index (χ3n) is 17.8. The van der Waals surface area contributed by atoms with E-state index >= 15 is 0 Å². The summed E-state index contributed by atoms with van der Waals surface area (Å²) in [4.78, 5) is 38.5. The summed E-state index contributed by atoms with van der Waals surface area (Å²) < 4.78 is 17.1. The summed E-state index contributed by atoms with van der Waals surface area (Å²) >= 11 is 0. The Balaban J connectivity index is 4.20. The van der Waals surface area contributed by atoms with Gasteiger partial charge < -0.3 is 14.2 Å².